The third kappa shape index (κ3) is 3.22. The van der Waals surface area contributed by atoms with Gasteiger partial charge in [-0.15, -0.1) is 0 Å². The minimum absolute atomic E-state index is 0.272. The van der Waals surface area contributed by atoms with Crippen LogP contribution in [0, 0.1) is 0 Å². The van der Waals surface area contributed by atoms with Gasteiger partial charge in [-0.05, 0) is 18.1 Å². The van der Waals surface area contributed by atoms with E-state index in [1.54, 1.807) is 19.4 Å². The second-order valence-electron chi connectivity index (χ2n) is 6.02. The lowest BCUT2D eigenvalue weighted by molar-refractivity contribution is 0.550. The molecule has 1 aliphatic rings. The first-order chi connectivity index (χ1) is 11.5. The van der Waals surface area contributed by atoms with E-state index in [9.17, 15) is 9.59 Å². The number of nitrogens with one attached hydrogen (secondary N) is 1. The van der Waals surface area contributed by atoms with Crippen LogP contribution in [0.4, 0.5) is 5.82 Å². The van der Waals surface area contributed by atoms with Gasteiger partial charge in [0.2, 0.25) is 0 Å². The van der Waals surface area contributed by atoms with E-state index in [1.165, 1.54) is 17.7 Å². The van der Waals surface area contributed by atoms with E-state index < -0.39 is 0 Å². The quantitative estimate of drug-likeness (QED) is 0.870. The first-order valence-electron chi connectivity index (χ1n) is 7.81. The Labute approximate surface area is 144 Å². The highest BCUT2D eigenvalue weighted by molar-refractivity contribution is 6.31. The molecule has 1 aliphatic heterocycles. The molecule has 2 aromatic heterocycles. The van der Waals surface area contributed by atoms with Crippen molar-refractivity contribution in [3.05, 3.63) is 56.0 Å². The first kappa shape index (κ1) is 16.7. The second-order valence-corrected chi connectivity index (χ2v) is 6.43. The predicted molar refractivity (Wildman–Crippen MR) is 93.6 cm³/mol. The summed E-state index contributed by atoms with van der Waals surface area (Å²) in [4.78, 5) is 30.0. The highest BCUT2D eigenvalue weighted by atomic mass is 35.5. The van der Waals surface area contributed by atoms with Gasteiger partial charge in [0.05, 0.1) is 5.02 Å². The van der Waals surface area contributed by atoms with Crippen LogP contribution in [-0.2, 0) is 20.6 Å². The average molecular weight is 350 g/mol. The number of rotatable bonds is 4. The largest absolute Gasteiger partial charge is 0.356 e. The maximum Gasteiger partial charge on any atom is 0.332 e. The molecule has 0 unspecified atom stereocenters. The van der Waals surface area contributed by atoms with Gasteiger partial charge >= 0.3 is 5.69 Å². The molecule has 3 rings (SSSR count). The van der Waals surface area contributed by atoms with Gasteiger partial charge in [0.1, 0.15) is 5.82 Å². The molecule has 24 heavy (non-hydrogen) atoms. The number of hydrogen-bond acceptors (Lipinski definition) is 5. The van der Waals surface area contributed by atoms with Crippen molar-refractivity contribution in [1.82, 2.24) is 19.4 Å². The number of anilines is 1. The van der Waals surface area contributed by atoms with Crippen molar-refractivity contribution >= 4 is 17.4 Å². The standard InChI is InChI=1S/C16H20ClN5O2/c1-20-14(7-15(23)21(2)16(20)24)22-6-4-12(10-22)19-8-11-3-5-18-9-13(11)17/h3,5,7,9,12,19H,4,6,8,10H2,1-2H3/t12-/m1/s1. The third-order valence-electron chi connectivity index (χ3n) is 4.45. The van der Waals surface area contributed by atoms with Crippen molar-refractivity contribution in [3.63, 3.8) is 0 Å². The maximum atomic E-state index is 12.1. The van der Waals surface area contributed by atoms with Gasteiger partial charge in [-0.25, -0.2) is 4.79 Å². The molecular weight excluding hydrogens is 330 g/mol. The van der Waals surface area contributed by atoms with Gasteiger partial charge in [0.25, 0.3) is 5.56 Å². The summed E-state index contributed by atoms with van der Waals surface area (Å²) in [5, 5.41) is 4.12. The molecular formula is C16H20ClN5O2. The zero-order valence-electron chi connectivity index (χ0n) is 13.7. The molecule has 0 radical (unpaired) electrons. The fourth-order valence-corrected chi connectivity index (χ4v) is 3.15. The maximum absolute atomic E-state index is 12.1. The normalized spacial score (nSPS) is 17.5. The van der Waals surface area contributed by atoms with Crippen LogP contribution in [0.15, 0.2) is 34.1 Å². The molecule has 0 amide bonds. The number of aromatic nitrogens is 3. The summed E-state index contributed by atoms with van der Waals surface area (Å²) in [5.74, 6) is 0.661. The van der Waals surface area contributed by atoms with Gasteiger partial charge in [-0.2, -0.15) is 0 Å². The van der Waals surface area contributed by atoms with Crippen LogP contribution >= 0.6 is 11.6 Å². The van der Waals surface area contributed by atoms with Crippen molar-refractivity contribution in [2.24, 2.45) is 14.1 Å². The molecule has 128 valence electrons. The molecule has 0 spiro atoms. The summed E-state index contributed by atoms with van der Waals surface area (Å²) >= 11 is 6.12. The molecule has 0 bridgehead atoms. The Hall–Kier alpha value is -2.12. The van der Waals surface area contributed by atoms with Crippen LogP contribution in [0.3, 0.4) is 0 Å². The van der Waals surface area contributed by atoms with Gasteiger partial charge in [0, 0.05) is 58.2 Å². The molecule has 1 atom stereocenters. The van der Waals surface area contributed by atoms with Crippen LogP contribution in [-0.4, -0.2) is 33.2 Å². The fourth-order valence-electron chi connectivity index (χ4n) is 2.96. The zero-order chi connectivity index (χ0) is 17.3. The Kier molecular flexibility index (Phi) is 4.73. The summed E-state index contributed by atoms with van der Waals surface area (Å²) in [6, 6.07) is 3.68. The second kappa shape index (κ2) is 6.78. The van der Waals surface area contributed by atoms with Crippen molar-refractivity contribution < 1.29 is 0 Å². The van der Waals surface area contributed by atoms with Gasteiger partial charge in [-0.1, -0.05) is 11.6 Å². The Bertz CT molecular complexity index is 860. The zero-order valence-corrected chi connectivity index (χ0v) is 14.5. The predicted octanol–water partition coefficient (Wildman–Crippen LogP) is 0.501. The van der Waals surface area contributed by atoms with Crippen molar-refractivity contribution in [2.75, 3.05) is 18.0 Å². The van der Waals surface area contributed by atoms with E-state index in [0.29, 0.717) is 17.4 Å². The number of hydrogen-bond donors (Lipinski definition) is 1. The lowest BCUT2D eigenvalue weighted by Crippen LogP contribution is -2.40. The fraction of sp³-hybridized carbons (Fsp3) is 0.438. The molecule has 1 saturated heterocycles. The van der Waals surface area contributed by atoms with Crippen LogP contribution < -0.4 is 21.5 Å². The SMILES string of the molecule is Cn1c(N2CC[C@@H](NCc3ccncc3Cl)C2)cc(=O)n(C)c1=O. The summed E-state index contributed by atoms with van der Waals surface area (Å²) in [5.41, 5.74) is 0.414. The van der Waals surface area contributed by atoms with Crippen molar-refractivity contribution in [1.29, 1.82) is 0 Å². The minimum Gasteiger partial charge on any atom is -0.356 e. The number of halogens is 1. The van der Waals surface area contributed by atoms with E-state index in [4.69, 9.17) is 11.6 Å². The van der Waals surface area contributed by atoms with E-state index >= 15 is 0 Å². The number of pyridine rings is 1. The first-order valence-corrected chi connectivity index (χ1v) is 8.19. The minimum atomic E-state index is -0.308. The van der Waals surface area contributed by atoms with Crippen LogP contribution in [0.2, 0.25) is 5.02 Å². The van der Waals surface area contributed by atoms with E-state index in [0.717, 1.165) is 29.6 Å². The van der Waals surface area contributed by atoms with Crippen LogP contribution in [0.25, 0.3) is 0 Å². The topological polar surface area (TPSA) is 72.2 Å². The number of nitrogens with zero attached hydrogens (tertiary/aromatic N) is 4. The van der Waals surface area contributed by atoms with E-state index in [-0.39, 0.29) is 17.3 Å². The summed E-state index contributed by atoms with van der Waals surface area (Å²) < 4.78 is 2.63. The van der Waals surface area contributed by atoms with Gasteiger partial charge < -0.3 is 10.2 Å². The molecule has 0 aromatic carbocycles. The molecule has 1 fully saturated rings. The Balaban J connectivity index is 1.69. The van der Waals surface area contributed by atoms with E-state index in [2.05, 4.69) is 15.2 Å². The molecule has 1 N–H and O–H groups in total. The molecule has 3 heterocycles. The molecule has 0 saturated carbocycles. The molecule has 7 nitrogen and oxygen atoms in total. The summed E-state index contributed by atoms with van der Waals surface area (Å²) in [6.07, 6.45) is 4.29. The Morgan fingerprint density at radius 1 is 1.33 bits per heavy atom. The van der Waals surface area contributed by atoms with Crippen molar-refractivity contribution in [3.8, 4) is 0 Å². The summed E-state index contributed by atoms with van der Waals surface area (Å²) in [6.45, 7) is 2.20. The Morgan fingerprint density at radius 2 is 2.12 bits per heavy atom. The van der Waals surface area contributed by atoms with Crippen LogP contribution in [0.5, 0.6) is 0 Å². The van der Waals surface area contributed by atoms with Crippen molar-refractivity contribution in [2.45, 2.75) is 19.0 Å². The smallest absolute Gasteiger partial charge is 0.332 e. The van der Waals surface area contributed by atoms with E-state index in [1.807, 2.05) is 6.07 Å². The van der Waals surface area contributed by atoms with Crippen LogP contribution in [0.1, 0.15) is 12.0 Å². The van der Waals surface area contributed by atoms with Gasteiger partial charge in [-0.3, -0.25) is 18.9 Å². The summed E-state index contributed by atoms with van der Waals surface area (Å²) in [7, 11) is 3.18. The highest BCUT2D eigenvalue weighted by Gasteiger charge is 2.24. The molecule has 2 aromatic rings. The Morgan fingerprint density at radius 3 is 2.88 bits per heavy atom. The third-order valence-corrected chi connectivity index (χ3v) is 4.79. The lowest BCUT2D eigenvalue weighted by atomic mass is 10.2. The molecule has 0 aliphatic carbocycles. The molecule has 8 heteroatoms. The highest BCUT2D eigenvalue weighted by Crippen LogP contribution is 2.18. The monoisotopic (exact) mass is 349 g/mol. The lowest BCUT2D eigenvalue weighted by Gasteiger charge is -2.21. The average Bonchev–Trinajstić information content (AvgIpc) is 3.04. The van der Waals surface area contributed by atoms with Gasteiger partial charge in [0.15, 0.2) is 0 Å².